The normalized spacial score (nSPS) is 24.3. The minimum absolute atomic E-state index is 0.268. The number of nitrogens with zero attached hydrogens (tertiary/aromatic N) is 1. The number of hydrogen-bond acceptors (Lipinski definition) is 2. The molecule has 0 amide bonds. The minimum Gasteiger partial charge on any atom is -0.366 e. The third-order valence-corrected chi connectivity index (χ3v) is 3.69. The summed E-state index contributed by atoms with van der Waals surface area (Å²) in [5, 5.41) is 3.99. The molecule has 4 heteroatoms. The Morgan fingerprint density at radius 1 is 1.44 bits per heavy atom. The van der Waals surface area contributed by atoms with Crippen LogP contribution in [0.3, 0.4) is 0 Å². The van der Waals surface area contributed by atoms with Crippen molar-refractivity contribution in [2.24, 2.45) is 0 Å². The zero-order chi connectivity index (χ0) is 13.1. The Balaban J connectivity index is 2.18. The second kappa shape index (κ2) is 5.89. The van der Waals surface area contributed by atoms with Crippen LogP contribution in [0.15, 0.2) is 18.2 Å². The Morgan fingerprint density at radius 3 is 2.89 bits per heavy atom. The summed E-state index contributed by atoms with van der Waals surface area (Å²) in [6, 6.07) is 5.59. The van der Waals surface area contributed by atoms with E-state index < -0.39 is 0 Å². The first-order chi connectivity index (χ1) is 8.60. The molecular weight excluding hydrogens is 251 g/mol. The van der Waals surface area contributed by atoms with Gasteiger partial charge in [0.15, 0.2) is 0 Å². The molecule has 1 aromatic carbocycles. The van der Waals surface area contributed by atoms with E-state index in [0.717, 1.165) is 31.6 Å². The second-order valence-corrected chi connectivity index (χ2v) is 5.46. The fourth-order valence-corrected chi connectivity index (χ4v) is 2.75. The average Bonchev–Trinajstić information content (AvgIpc) is 2.30. The van der Waals surface area contributed by atoms with Gasteiger partial charge in [0.2, 0.25) is 0 Å². The van der Waals surface area contributed by atoms with Crippen molar-refractivity contribution in [3.63, 3.8) is 0 Å². The number of benzene rings is 1. The van der Waals surface area contributed by atoms with E-state index in [4.69, 9.17) is 11.6 Å². The fraction of sp³-hybridized carbons (Fsp3) is 0.571. The number of nitrogens with one attached hydrogen (secondary N) is 1. The highest BCUT2D eigenvalue weighted by molar-refractivity contribution is 6.30. The molecule has 0 spiro atoms. The molecule has 1 N–H and O–H groups in total. The molecule has 1 aliphatic rings. The molecule has 1 aromatic rings. The summed E-state index contributed by atoms with van der Waals surface area (Å²) in [4.78, 5) is 2.24. The molecule has 1 fully saturated rings. The number of anilines is 1. The lowest BCUT2D eigenvalue weighted by atomic mass is 10.0. The van der Waals surface area contributed by atoms with Gasteiger partial charge < -0.3 is 10.2 Å². The van der Waals surface area contributed by atoms with Crippen molar-refractivity contribution in [2.75, 3.05) is 18.0 Å². The Hall–Kier alpha value is -0.800. The molecule has 0 radical (unpaired) electrons. The lowest BCUT2D eigenvalue weighted by molar-refractivity contribution is 0.386. The predicted molar refractivity (Wildman–Crippen MR) is 74.9 cm³/mol. The van der Waals surface area contributed by atoms with Crippen molar-refractivity contribution < 1.29 is 4.39 Å². The monoisotopic (exact) mass is 270 g/mol. The molecule has 2 atom stereocenters. The Bertz CT molecular complexity index is 391. The average molecular weight is 271 g/mol. The SMILES string of the molecule is CCCC1CN(c2cc(F)cc(Cl)c2)C(C)CN1. The largest absolute Gasteiger partial charge is 0.366 e. The zero-order valence-electron chi connectivity index (χ0n) is 10.9. The van der Waals surface area contributed by atoms with Crippen LogP contribution in [0.2, 0.25) is 5.02 Å². The second-order valence-electron chi connectivity index (χ2n) is 5.02. The summed E-state index contributed by atoms with van der Waals surface area (Å²) in [5.74, 6) is -0.268. The summed E-state index contributed by atoms with van der Waals surface area (Å²) < 4.78 is 13.4. The summed E-state index contributed by atoms with van der Waals surface area (Å²) in [6.45, 7) is 6.17. The van der Waals surface area contributed by atoms with Gasteiger partial charge in [0.1, 0.15) is 5.82 Å². The van der Waals surface area contributed by atoms with E-state index >= 15 is 0 Å². The van der Waals surface area contributed by atoms with Gasteiger partial charge in [-0.2, -0.15) is 0 Å². The van der Waals surface area contributed by atoms with Crippen molar-refractivity contribution in [3.05, 3.63) is 29.0 Å². The molecule has 0 aromatic heterocycles. The predicted octanol–water partition coefficient (Wildman–Crippen LogP) is 3.45. The topological polar surface area (TPSA) is 15.3 Å². The highest BCUT2D eigenvalue weighted by atomic mass is 35.5. The number of halogens is 2. The molecule has 0 aliphatic carbocycles. The number of piperazine rings is 1. The Labute approximate surface area is 113 Å². The van der Waals surface area contributed by atoms with Crippen LogP contribution in [0.25, 0.3) is 0 Å². The van der Waals surface area contributed by atoms with Gasteiger partial charge in [-0.1, -0.05) is 24.9 Å². The van der Waals surface area contributed by atoms with E-state index in [-0.39, 0.29) is 5.82 Å². The van der Waals surface area contributed by atoms with Crippen LogP contribution in [-0.2, 0) is 0 Å². The van der Waals surface area contributed by atoms with Gasteiger partial charge in [-0.05, 0) is 31.5 Å². The maximum absolute atomic E-state index is 13.4. The summed E-state index contributed by atoms with van der Waals surface area (Å²) >= 11 is 5.93. The lowest BCUT2D eigenvalue weighted by Gasteiger charge is -2.40. The van der Waals surface area contributed by atoms with Crippen LogP contribution in [0, 0.1) is 5.82 Å². The molecule has 1 aliphatic heterocycles. The van der Waals surface area contributed by atoms with Crippen LogP contribution < -0.4 is 10.2 Å². The van der Waals surface area contributed by atoms with Gasteiger partial charge >= 0.3 is 0 Å². The Kier molecular flexibility index (Phi) is 4.46. The maximum Gasteiger partial charge on any atom is 0.126 e. The van der Waals surface area contributed by atoms with E-state index in [9.17, 15) is 4.39 Å². The first-order valence-corrected chi connectivity index (χ1v) is 6.94. The fourth-order valence-electron chi connectivity index (χ4n) is 2.54. The third-order valence-electron chi connectivity index (χ3n) is 3.47. The molecule has 2 nitrogen and oxygen atoms in total. The molecule has 2 unspecified atom stereocenters. The van der Waals surface area contributed by atoms with Gasteiger partial charge in [0.25, 0.3) is 0 Å². The van der Waals surface area contributed by atoms with E-state index in [2.05, 4.69) is 24.1 Å². The summed E-state index contributed by atoms with van der Waals surface area (Å²) in [6.07, 6.45) is 2.30. The van der Waals surface area contributed by atoms with Crippen molar-refractivity contribution in [1.29, 1.82) is 0 Å². The molecule has 2 rings (SSSR count). The van der Waals surface area contributed by atoms with Gasteiger partial charge in [0.05, 0.1) is 0 Å². The molecular formula is C14H20ClFN2. The van der Waals surface area contributed by atoms with Crippen molar-refractivity contribution in [1.82, 2.24) is 5.32 Å². The quantitative estimate of drug-likeness (QED) is 0.905. The molecule has 100 valence electrons. The third kappa shape index (κ3) is 3.15. The molecule has 18 heavy (non-hydrogen) atoms. The van der Waals surface area contributed by atoms with E-state index in [0.29, 0.717) is 17.1 Å². The standard InChI is InChI=1S/C14H20ClFN2/c1-3-4-13-9-18(10(2)8-17-13)14-6-11(15)5-12(16)7-14/h5-7,10,13,17H,3-4,8-9H2,1-2H3. The van der Waals surface area contributed by atoms with Crippen molar-refractivity contribution >= 4 is 17.3 Å². The van der Waals surface area contributed by atoms with E-state index in [1.54, 1.807) is 6.07 Å². The lowest BCUT2D eigenvalue weighted by Crippen LogP contribution is -2.55. The maximum atomic E-state index is 13.4. The molecule has 0 saturated carbocycles. The van der Waals surface area contributed by atoms with Gasteiger partial charge in [-0.3, -0.25) is 0 Å². The Morgan fingerprint density at radius 2 is 2.22 bits per heavy atom. The molecule has 1 saturated heterocycles. The van der Waals surface area contributed by atoms with Gasteiger partial charge in [-0.15, -0.1) is 0 Å². The van der Waals surface area contributed by atoms with Gasteiger partial charge in [0, 0.05) is 35.9 Å². The zero-order valence-corrected chi connectivity index (χ0v) is 11.7. The van der Waals surface area contributed by atoms with Crippen molar-refractivity contribution in [3.8, 4) is 0 Å². The smallest absolute Gasteiger partial charge is 0.126 e. The van der Waals surface area contributed by atoms with Gasteiger partial charge in [-0.25, -0.2) is 4.39 Å². The highest BCUT2D eigenvalue weighted by Gasteiger charge is 2.25. The van der Waals surface area contributed by atoms with Crippen molar-refractivity contribution in [2.45, 2.75) is 38.8 Å². The molecule has 1 heterocycles. The van der Waals surface area contributed by atoms with E-state index in [1.165, 1.54) is 6.07 Å². The highest BCUT2D eigenvalue weighted by Crippen LogP contribution is 2.25. The number of hydrogen-bond donors (Lipinski definition) is 1. The van der Waals surface area contributed by atoms with Crippen LogP contribution in [0.5, 0.6) is 0 Å². The first-order valence-electron chi connectivity index (χ1n) is 6.56. The van der Waals surface area contributed by atoms with Crippen LogP contribution in [-0.4, -0.2) is 25.2 Å². The first kappa shape index (κ1) is 13.6. The summed E-state index contributed by atoms with van der Waals surface area (Å²) in [7, 11) is 0. The van der Waals surface area contributed by atoms with Crippen LogP contribution >= 0.6 is 11.6 Å². The number of rotatable bonds is 3. The van der Waals surface area contributed by atoms with Crippen LogP contribution in [0.1, 0.15) is 26.7 Å². The summed E-state index contributed by atoms with van der Waals surface area (Å²) in [5.41, 5.74) is 0.884. The van der Waals surface area contributed by atoms with Crippen LogP contribution in [0.4, 0.5) is 10.1 Å². The molecule has 0 bridgehead atoms. The van der Waals surface area contributed by atoms with E-state index in [1.807, 2.05) is 6.07 Å². The minimum atomic E-state index is -0.268.